The van der Waals surface area contributed by atoms with Crippen LogP contribution in [0.25, 0.3) is 0 Å². The molecule has 1 heterocycles. The SMILES string of the molecule is CC1(C)CN(C(=O)C2CC2)CCCN1. The molecule has 3 nitrogen and oxygen atoms in total. The summed E-state index contributed by atoms with van der Waals surface area (Å²) < 4.78 is 0. The standard InChI is InChI=1S/C11H20N2O/c1-11(2)8-13(7-3-6-12-11)10(14)9-4-5-9/h9,12H,3-8H2,1-2H3. The number of nitrogens with zero attached hydrogens (tertiary/aromatic N) is 1. The predicted molar refractivity (Wildman–Crippen MR) is 56.0 cm³/mol. The van der Waals surface area contributed by atoms with Gasteiger partial charge in [-0.15, -0.1) is 0 Å². The Kier molecular flexibility index (Phi) is 2.52. The molecule has 1 aliphatic heterocycles. The van der Waals surface area contributed by atoms with Gasteiger partial charge in [0.15, 0.2) is 0 Å². The molecule has 2 fully saturated rings. The minimum absolute atomic E-state index is 0.0844. The lowest BCUT2D eigenvalue weighted by atomic mass is 10.1. The van der Waals surface area contributed by atoms with Gasteiger partial charge in [0.1, 0.15) is 0 Å². The van der Waals surface area contributed by atoms with E-state index in [1.54, 1.807) is 0 Å². The molecule has 0 aromatic heterocycles. The molecule has 2 rings (SSSR count). The van der Waals surface area contributed by atoms with Crippen LogP contribution in [-0.2, 0) is 4.79 Å². The zero-order valence-corrected chi connectivity index (χ0v) is 9.18. The smallest absolute Gasteiger partial charge is 0.225 e. The average molecular weight is 196 g/mol. The Morgan fingerprint density at radius 1 is 1.43 bits per heavy atom. The predicted octanol–water partition coefficient (Wildman–Crippen LogP) is 0.997. The summed E-state index contributed by atoms with van der Waals surface area (Å²) in [4.78, 5) is 14.0. The second kappa shape index (κ2) is 3.54. The Morgan fingerprint density at radius 3 is 2.79 bits per heavy atom. The second-order valence-corrected chi connectivity index (χ2v) is 5.20. The van der Waals surface area contributed by atoms with Crippen molar-refractivity contribution in [2.45, 2.75) is 38.6 Å². The maximum atomic E-state index is 11.9. The first-order chi connectivity index (χ1) is 6.58. The van der Waals surface area contributed by atoms with Gasteiger partial charge in [-0.2, -0.15) is 0 Å². The number of nitrogens with one attached hydrogen (secondary N) is 1. The number of hydrogen-bond acceptors (Lipinski definition) is 2. The number of carbonyl (C=O) groups is 1. The molecule has 1 N–H and O–H groups in total. The van der Waals surface area contributed by atoms with Crippen molar-refractivity contribution >= 4 is 5.91 Å². The maximum Gasteiger partial charge on any atom is 0.225 e. The van der Waals surface area contributed by atoms with Crippen LogP contribution < -0.4 is 5.32 Å². The summed E-state index contributed by atoms with van der Waals surface area (Å²) in [7, 11) is 0. The zero-order valence-electron chi connectivity index (χ0n) is 9.18. The van der Waals surface area contributed by atoms with Crippen LogP contribution >= 0.6 is 0 Å². The fourth-order valence-corrected chi connectivity index (χ4v) is 2.09. The molecule has 0 aromatic rings. The molecular weight excluding hydrogens is 176 g/mol. The fourth-order valence-electron chi connectivity index (χ4n) is 2.09. The van der Waals surface area contributed by atoms with Crippen molar-refractivity contribution in [3.05, 3.63) is 0 Å². The van der Waals surface area contributed by atoms with Crippen LogP contribution in [-0.4, -0.2) is 36.0 Å². The third-order valence-electron chi connectivity index (χ3n) is 3.03. The van der Waals surface area contributed by atoms with E-state index in [0.717, 1.165) is 38.9 Å². The molecule has 1 aliphatic carbocycles. The minimum atomic E-state index is 0.0844. The monoisotopic (exact) mass is 196 g/mol. The largest absolute Gasteiger partial charge is 0.341 e. The van der Waals surface area contributed by atoms with Crippen molar-refractivity contribution < 1.29 is 4.79 Å². The van der Waals surface area contributed by atoms with E-state index in [-0.39, 0.29) is 5.54 Å². The summed E-state index contributed by atoms with van der Waals surface area (Å²) in [5.41, 5.74) is 0.0844. The van der Waals surface area contributed by atoms with E-state index < -0.39 is 0 Å². The Balaban J connectivity index is 1.99. The van der Waals surface area contributed by atoms with Gasteiger partial charge in [0.05, 0.1) is 0 Å². The van der Waals surface area contributed by atoms with Crippen LogP contribution in [0, 0.1) is 5.92 Å². The van der Waals surface area contributed by atoms with E-state index in [4.69, 9.17) is 0 Å². The summed E-state index contributed by atoms with van der Waals surface area (Å²) in [6.45, 7) is 7.17. The van der Waals surface area contributed by atoms with Gasteiger partial charge in [-0.3, -0.25) is 4.79 Å². The van der Waals surface area contributed by atoms with Crippen molar-refractivity contribution in [1.29, 1.82) is 0 Å². The zero-order chi connectivity index (χ0) is 10.2. The van der Waals surface area contributed by atoms with Gasteiger partial charge < -0.3 is 10.2 Å². The third-order valence-corrected chi connectivity index (χ3v) is 3.03. The molecule has 1 saturated heterocycles. The van der Waals surface area contributed by atoms with Crippen molar-refractivity contribution in [1.82, 2.24) is 10.2 Å². The van der Waals surface area contributed by atoms with Gasteiger partial charge in [0, 0.05) is 24.5 Å². The van der Waals surface area contributed by atoms with Gasteiger partial charge in [-0.05, 0) is 39.7 Å². The summed E-state index contributed by atoms with van der Waals surface area (Å²) in [5, 5.41) is 3.47. The van der Waals surface area contributed by atoms with Crippen LogP contribution in [0.4, 0.5) is 0 Å². The lowest BCUT2D eigenvalue weighted by Gasteiger charge is -2.30. The molecule has 1 saturated carbocycles. The molecular formula is C11H20N2O. The number of rotatable bonds is 1. The first-order valence-electron chi connectivity index (χ1n) is 5.62. The Morgan fingerprint density at radius 2 is 2.14 bits per heavy atom. The van der Waals surface area contributed by atoms with Gasteiger partial charge in [-0.25, -0.2) is 0 Å². The lowest BCUT2D eigenvalue weighted by molar-refractivity contribution is -0.133. The van der Waals surface area contributed by atoms with Crippen molar-refractivity contribution in [2.75, 3.05) is 19.6 Å². The van der Waals surface area contributed by atoms with E-state index in [0.29, 0.717) is 11.8 Å². The Labute approximate surface area is 85.8 Å². The molecule has 0 unspecified atom stereocenters. The molecule has 3 heteroatoms. The van der Waals surface area contributed by atoms with Crippen LogP contribution in [0.5, 0.6) is 0 Å². The highest BCUT2D eigenvalue weighted by Crippen LogP contribution is 2.31. The number of carbonyl (C=O) groups excluding carboxylic acids is 1. The highest BCUT2D eigenvalue weighted by molar-refractivity contribution is 5.81. The van der Waals surface area contributed by atoms with Crippen molar-refractivity contribution in [2.24, 2.45) is 5.92 Å². The van der Waals surface area contributed by atoms with Gasteiger partial charge in [0.25, 0.3) is 0 Å². The van der Waals surface area contributed by atoms with Crippen molar-refractivity contribution in [3.8, 4) is 0 Å². The molecule has 14 heavy (non-hydrogen) atoms. The summed E-state index contributed by atoms with van der Waals surface area (Å²) >= 11 is 0. The second-order valence-electron chi connectivity index (χ2n) is 5.20. The average Bonchev–Trinajstić information content (AvgIpc) is 2.89. The molecule has 80 valence electrons. The van der Waals surface area contributed by atoms with E-state index in [2.05, 4.69) is 24.1 Å². The molecule has 1 amide bonds. The van der Waals surface area contributed by atoms with E-state index in [1.165, 1.54) is 0 Å². The summed E-state index contributed by atoms with van der Waals surface area (Å²) in [6.07, 6.45) is 3.31. The van der Waals surface area contributed by atoms with E-state index in [1.807, 2.05) is 0 Å². The molecule has 0 aromatic carbocycles. The highest BCUT2D eigenvalue weighted by Gasteiger charge is 2.36. The molecule has 2 aliphatic rings. The minimum Gasteiger partial charge on any atom is -0.341 e. The lowest BCUT2D eigenvalue weighted by Crippen LogP contribution is -2.48. The first-order valence-corrected chi connectivity index (χ1v) is 5.62. The van der Waals surface area contributed by atoms with Crippen LogP contribution in [0.15, 0.2) is 0 Å². The topological polar surface area (TPSA) is 32.3 Å². The molecule has 0 radical (unpaired) electrons. The Bertz CT molecular complexity index is 233. The Hall–Kier alpha value is -0.570. The van der Waals surface area contributed by atoms with Crippen LogP contribution in [0.2, 0.25) is 0 Å². The number of hydrogen-bond donors (Lipinski definition) is 1. The van der Waals surface area contributed by atoms with Crippen molar-refractivity contribution in [3.63, 3.8) is 0 Å². The number of amides is 1. The quantitative estimate of drug-likeness (QED) is 0.678. The first kappa shape index (κ1) is 9.97. The molecule has 0 bridgehead atoms. The van der Waals surface area contributed by atoms with Crippen LogP contribution in [0.3, 0.4) is 0 Å². The van der Waals surface area contributed by atoms with Gasteiger partial charge in [-0.1, -0.05) is 0 Å². The fraction of sp³-hybridized carbons (Fsp3) is 0.909. The third kappa shape index (κ3) is 2.27. The maximum absolute atomic E-state index is 11.9. The van der Waals surface area contributed by atoms with Gasteiger partial charge >= 0.3 is 0 Å². The summed E-state index contributed by atoms with van der Waals surface area (Å²) in [6, 6.07) is 0. The van der Waals surface area contributed by atoms with E-state index in [9.17, 15) is 4.79 Å². The van der Waals surface area contributed by atoms with E-state index >= 15 is 0 Å². The molecule has 0 spiro atoms. The van der Waals surface area contributed by atoms with Gasteiger partial charge in [0.2, 0.25) is 5.91 Å². The molecule has 0 atom stereocenters. The van der Waals surface area contributed by atoms with Crippen LogP contribution in [0.1, 0.15) is 33.1 Å². The summed E-state index contributed by atoms with van der Waals surface area (Å²) in [5.74, 6) is 0.755. The highest BCUT2D eigenvalue weighted by atomic mass is 16.2. The normalized spacial score (nSPS) is 27.1.